The SMILES string of the molecule is COC(=O)CCCN(C)C(=O)Cc1ccncc1. The van der Waals surface area contributed by atoms with Gasteiger partial charge in [0.1, 0.15) is 0 Å². The highest BCUT2D eigenvalue weighted by atomic mass is 16.5. The minimum absolute atomic E-state index is 0.0334. The third kappa shape index (κ3) is 4.95. The summed E-state index contributed by atoms with van der Waals surface area (Å²) in [5.41, 5.74) is 0.940. The van der Waals surface area contributed by atoms with E-state index in [1.807, 2.05) is 12.1 Å². The van der Waals surface area contributed by atoms with Crippen molar-refractivity contribution in [2.24, 2.45) is 0 Å². The number of hydrogen-bond donors (Lipinski definition) is 0. The van der Waals surface area contributed by atoms with Gasteiger partial charge in [0.25, 0.3) is 0 Å². The van der Waals surface area contributed by atoms with Crippen molar-refractivity contribution in [3.8, 4) is 0 Å². The number of carbonyl (C=O) groups is 2. The third-order valence-electron chi connectivity index (χ3n) is 2.63. The summed E-state index contributed by atoms with van der Waals surface area (Å²) in [6.45, 7) is 0.555. The summed E-state index contributed by atoms with van der Waals surface area (Å²) in [6.07, 6.45) is 4.64. The van der Waals surface area contributed by atoms with Crippen LogP contribution in [0.3, 0.4) is 0 Å². The summed E-state index contributed by atoms with van der Waals surface area (Å²) in [7, 11) is 3.10. The minimum Gasteiger partial charge on any atom is -0.469 e. The van der Waals surface area contributed by atoms with Gasteiger partial charge >= 0.3 is 5.97 Å². The van der Waals surface area contributed by atoms with Crippen LogP contribution in [0.2, 0.25) is 0 Å². The Morgan fingerprint density at radius 1 is 1.33 bits per heavy atom. The Labute approximate surface area is 107 Å². The zero-order valence-corrected chi connectivity index (χ0v) is 10.8. The first-order valence-electron chi connectivity index (χ1n) is 5.83. The monoisotopic (exact) mass is 250 g/mol. The number of ether oxygens (including phenoxy) is 1. The zero-order valence-electron chi connectivity index (χ0n) is 10.8. The second-order valence-electron chi connectivity index (χ2n) is 4.03. The van der Waals surface area contributed by atoms with Gasteiger partial charge in [0, 0.05) is 32.4 Å². The van der Waals surface area contributed by atoms with Crippen LogP contribution in [0.4, 0.5) is 0 Å². The van der Waals surface area contributed by atoms with E-state index in [1.165, 1.54) is 7.11 Å². The predicted molar refractivity (Wildman–Crippen MR) is 66.8 cm³/mol. The molecule has 0 fully saturated rings. The lowest BCUT2D eigenvalue weighted by Gasteiger charge is -2.16. The number of hydrogen-bond acceptors (Lipinski definition) is 4. The number of rotatable bonds is 6. The summed E-state index contributed by atoms with van der Waals surface area (Å²) >= 11 is 0. The maximum absolute atomic E-state index is 11.8. The molecule has 0 saturated heterocycles. The molecule has 0 aliphatic carbocycles. The number of nitrogens with zero attached hydrogens (tertiary/aromatic N) is 2. The Morgan fingerprint density at radius 3 is 2.61 bits per heavy atom. The van der Waals surface area contributed by atoms with Crippen molar-refractivity contribution in [3.05, 3.63) is 30.1 Å². The fourth-order valence-corrected chi connectivity index (χ4v) is 1.50. The molecule has 0 radical (unpaired) electrons. The van der Waals surface area contributed by atoms with Crippen LogP contribution in [0.5, 0.6) is 0 Å². The van der Waals surface area contributed by atoms with Gasteiger partial charge in [-0.25, -0.2) is 0 Å². The van der Waals surface area contributed by atoms with Crippen LogP contribution in [-0.4, -0.2) is 42.5 Å². The Bertz CT molecular complexity index is 392. The normalized spacial score (nSPS) is 9.89. The number of likely N-dealkylation sites (N-methyl/N-ethyl adjacent to an activating group) is 1. The highest BCUT2D eigenvalue weighted by molar-refractivity contribution is 5.78. The molecular formula is C13H18N2O3. The largest absolute Gasteiger partial charge is 0.469 e. The number of methoxy groups -OCH3 is 1. The van der Waals surface area contributed by atoms with E-state index < -0.39 is 0 Å². The number of pyridine rings is 1. The van der Waals surface area contributed by atoms with Gasteiger partial charge in [0.05, 0.1) is 13.5 Å². The van der Waals surface area contributed by atoms with Gasteiger partial charge in [0.15, 0.2) is 0 Å². The molecule has 5 nitrogen and oxygen atoms in total. The molecule has 1 aromatic heterocycles. The lowest BCUT2D eigenvalue weighted by molar-refractivity contribution is -0.141. The van der Waals surface area contributed by atoms with Crippen LogP contribution in [0.1, 0.15) is 18.4 Å². The van der Waals surface area contributed by atoms with E-state index in [0.29, 0.717) is 25.8 Å². The third-order valence-corrected chi connectivity index (χ3v) is 2.63. The molecule has 0 aliphatic rings. The van der Waals surface area contributed by atoms with Crippen LogP contribution in [0, 0.1) is 0 Å². The molecule has 0 aliphatic heterocycles. The standard InChI is InChI=1S/C13H18N2O3/c1-15(9-3-4-13(17)18-2)12(16)10-11-5-7-14-8-6-11/h5-8H,3-4,9-10H2,1-2H3. The summed E-state index contributed by atoms with van der Waals surface area (Å²) < 4.78 is 4.54. The van der Waals surface area contributed by atoms with Crippen molar-refractivity contribution in [3.63, 3.8) is 0 Å². The van der Waals surface area contributed by atoms with E-state index in [2.05, 4.69) is 9.72 Å². The Kier molecular flexibility index (Phi) is 5.84. The van der Waals surface area contributed by atoms with Gasteiger partial charge < -0.3 is 9.64 Å². The van der Waals surface area contributed by atoms with E-state index in [-0.39, 0.29) is 11.9 Å². The highest BCUT2D eigenvalue weighted by Crippen LogP contribution is 2.02. The van der Waals surface area contributed by atoms with Crippen LogP contribution in [0.15, 0.2) is 24.5 Å². The number of carbonyl (C=O) groups excluding carboxylic acids is 2. The molecule has 0 atom stereocenters. The Balaban J connectivity index is 2.31. The molecule has 98 valence electrons. The topological polar surface area (TPSA) is 59.5 Å². The lowest BCUT2D eigenvalue weighted by atomic mass is 10.2. The molecule has 1 aromatic rings. The van der Waals surface area contributed by atoms with Crippen molar-refractivity contribution in [2.75, 3.05) is 20.7 Å². The lowest BCUT2D eigenvalue weighted by Crippen LogP contribution is -2.29. The Hall–Kier alpha value is -1.91. The maximum Gasteiger partial charge on any atom is 0.305 e. The quantitative estimate of drug-likeness (QED) is 0.708. The second kappa shape index (κ2) is 7.42. The summed E-state index contributed by atoms with van der Waals surface area (Å²) in [6, 6.07) is 3.64. The summed E-state index contributed by atoms with van der Waals surface area (Å²) in [5, 5.41) is 0. The van der Waals surface area contributed by atoms with Crippen molar-refractivity contribution in [1.82, 2.24) is 9.88 Å². The van der Waals surface area contributed by atoms with Gasteiger partial charge in [-0.2, -0.15) is 0 Å². The van der Waals surface area contributed by atoms with Gasteiger partial charge in [-0.1, -0.05) is 0 Å². The second-order valence-corrected chi connectivity index (χ2v) is 4.03. The Morgan fingerprint density at radius 2 is 2.00 bits per heavy atom. The van der Waals surface area contributed by atoms with E-state index >= 15 is 0 Å². The van der Waals surface area contributed by atoms with E-state index in [0.717, 1.165) is 5.56 Å². The number of aromatic nitrogens is 1. The molecule has 1 amide bonds. The van der Waals surface area contributed by atoms with Crippen LogP contribution >= 0.6 is 0 Å². The van der Waals surface area contributed by atoms with Crippen molar-refractivity contribution in [1.29, 1.82) is 0 Å². The number of amides is 1. The first-order valence-corrected chi connectivity index (χ1v) is 5.83. The van der Waals surface area contributed by atoms with Gasteiger partial charge in [0.2, 0.25) is 5.91 Å². The first kappa shape index (κ1) is 14.2. The molecule has 1 rings (SSSR count). The molecule has 0 spiro atoms. The molecular weight excluding hydrogens is 232 g/mol. The maximum atomic E-state index is 11.8. The van der Waals surface area contributed by atoms with Crippen molar-refractivity contribution >= 4 is 11.9 Å². The fraction of sp³-hybridized carbons (Fsp3) is 0.462. The molecule has 0 unspecified atom stereocenters. The highest BCUT2D eigenvalue weighted by Gasteiger charge is 2.10. The summed E-state index contributed by atoms with van der Waals surface area (Å²) in [4.78, 5) is 28.3. The molecule has 0 aromatic carbocycles. The van der Waals surface area contributed by atoms with Crippen LogP contribution in [-0.2, 0) is 20.7 Å². The predicted octanol–water partition coefficient (Wildman–Crippen LogP) is 1.04. The van der Waals surface area contributed by atoms with Gasteiger partial charge in [-0.05, 0) is 24.1 Å². The molecule has 1 heterocycles. The smallest absolute Gasteiger partial charge is 0.305 e. The van der Waals surface area contributed by atoms with E-state index in [9.17, 15) is 9.59 Å². The van der Waals surface area contributed by atoms with Crippen LogP contribution < -0.4 is 0 Å². The average molecular weight is 250 g/mol. The zero-order chi connectivity index (χ0) is 13.4. The molecule has 0 saturated carbocycles. The van der Waals surface area contributed by atoms with E-state index in [4.69, 9.17) is 0 Å². The first-order chi connectivity index (χ1) is 8.63. The van der Waals surface area contributed by atoms with Gasteiger partial charge in [-0.15, -0.1) is 0 Å². The number of esters is 1. The van der Waals surface area contributed by atoms with Crippen molar-refractivity contribution < 1.29 is 14.3 Å². The molecule has 5 heteroatoms. The molecule has 18 heavy (non-hydrogen) atoms. The summed E-state index contributed by atoms with van der Waals surface area (Å²) in [5.74, 6) is -0.212. The molecule has 0 N–H and O–H groups in total. The van der Waals surface area contributed by atoms with E-state index in [1.54, 1.807) is 24.3 Å². The van der Waals surface area contributed by atoms with Gasteiger partial charge in [-0.3, -0.25) is 14.6 Å². The molecule has 0 bridgehead atoms. The minimum atomic E-state index is -0.245. The van der Waals surface area contributed by atoms with Crippen molar-refractivity contribution in [2.45, 2.75) is 19.3 Å². The van der Waals surface area contributed by atoms with Crippen LogP contribution in [0.25, 0.3) is 0 Å². The average Bonchev–Trinajstić information content (AvgIpc) is 2.39. The fourth-order valence-electron chi connectivity index (χ4n) is 1.50.